The maximum absolute atomic E-state index is 5.67. The number of nitrogens with two attached hydrogens (primary N) is 1. The quantitative estimate of drug-likeness (QED) is 0.577. The van der Waals surface area contributed by atoms with Gasteiger partial charge < -0.3 is 5.73 Å². The van der Waals surface area contributed by atoms with Gasteiger partial charge >= 0.3 is 0 Å². The van der Waals surface area contributed by atoms with Crippen LogP contribution in [0.5, 0.6) is 0 Å². The second kappa shape index (κ2) is 2.94. The summed E-state index contributed by atoms with van der Waals surface area (Å²) in [5.74, 6) is 0. The third-order valence-electron chi connectivity index (χ3n) is 1.83. The number of anilines is 1. The normalized spacial score (nSPS) is 10.4. The van der Waals surface area contributed by atoms with Gasteiger partial charge in [-0.05, 0) is 57.6 Å². The third kappa shape index (κ3) is 1.39. The molecule has 0 fully saturated rings. The molecule has 0 radical (unpaired) electrons. The van der Waals surface area contributed by atoms with Crippen LogP contribution in [-0.4, -0.2) is 0 Å². The molecule has 1 nitrogen and oxygen atoms in total. The minimum atomic E-state index is 0.824. The lowest BCUT2D eigenvalue weighted by Crippen LogP contribution is -1.83. The Balaban J connectivity index is 2.80. The molecule has 0 unspecified atom stereocenters. The second-order valence-corrected chi connectivity index (χ2v) is 4.00. The van der Waals surface area contributed by atoms with Gasteiger partial charge in [-0.3, -0.25) is 0 Å². The van der Waals surface area contributed by atoms with E-state index in [2.05, 4.69) is 40.8 Å². The molecule has 2 heteroatoms. The maximum atomic E-state index is 5.67. The molecule has 60 valence electrons. The number of hydrogen-bond acceptors (Lipinski definition) is 1. The van der Waals surface area contributed by atoms with Gasteiger partial charge in [0.1, 0.15) is 0 Å². The molecule has 0 aliphatic carbocycles. The van der Waals surface area contributed by atoms with Crippen LogP contribution in [0.15, 0.2) is 36.4 Å². The first kappa shape index (κ1) is 7.86. The Morgan fingerprint density at radius 2 is 1.67 bits per heavy atom. The van der Waals surface area contributed by atoms with Gasteiger partial charge in [-0.15, -0.1) is 0 Å². The summed E-state index contributed by atoms with van der Waals surface area (Å²) >= 11 is 2.30. The molecular weight excluding hydrogens is 261 g/mol. The smallest absolute Gasteiger partial charge is 0.0320 e. The third-order valence-corrected chi connectivity index (χ3v) is 2.50. The van der Waals surface area contributed by atoms with Gasteiger partial charge in [-0.1, -0.05) is 12.1 Å². The van der Waals surface area contributed by atoms with Crippen molar-refractivity contribution < 1.29 is 0 Å². The number of rotatable bonds is 0. The van der Waals surface area contributed by atoms with Gasteiger partial charge in [0.15, 0.2) is 0 Å². The van der Waals surface area contributed by atoms with Crippen LogP contribution in [0.1, 0.15) is 0 Å². The highest BCUT2D eigenvalue weighted by Gasteiger charge is 1.93. The molecular formula is C10H8IN. The van der Waals surface area contributed by atoms with Gasteiger partial charge in [0, 0.05) is 9.26 Å². The molecule has 0 aromatic heterocycles. The van der Waals surface area contributed by atoms with Crippen LogP contribution in [0.4, 0.5) is 5.69 Å². The van der Waals surface area contributed by atoms with Gasteiger partial charge in [-0.25, -0.2) is 0 Å². The Bertz CT molecular complexity index is 386. The molecule has 2 aromatic rings. The molecule has 0 amide bonds. The summed E-state index contributed by atoms with van der Waals surface area (Å²) < 4.78 is 1.24. The number of benzene rings is 2. The Kier molecular flexibility index (Phi) is 1.92. The van der Waals surface area contributed by atoms with Crippen LogP contribution in [-0.2, 0) is 0 Å². The molecule has 0 spiro atoms. The fraction of sp³-hybridized carbons (Fsp3) is 0. The van der Waals surface area contributed by atoms with Gasteiger partial charge in [-0.2, -0.15) is 0 Å². The van der Waals surface area contributed by atoms with E-state index in [1.165, 1.54) is 14.3 Å². The summed E-state index contributed by atoms with van der Waals surface area (Å²) in [7, 11) is 0. The highest BCUT2D eigenvalue weighted by molar-refractivity contribution is 14.1. The van der Waals surface area contributed by atoms with E-state index >= 15 is 0 Å². The van der Waals surface area contributed by atoms with E-state index in [1.54, 1.807) is 0 Å². The topological polar surface area (TPSA) is 26.0 Å². The van der Waals surface area contributed by atoms with E-state index in [9.17, 15) is 0 Å². The summed E-state index contributed by atoms with van der Waals surface area (Å²) in [6, 6.07) is 12.3. The predicted octanol–water partition coefficient (Wildman–Crippen LogP) is 3.03. The Hall–Kier alpha value is -0.770. The van der Waals surface area contributed by atoms with Crippen molar-refractivity contribution >= 4 is 39.1 Å². The monoisotopic (exact) mass is 269 g/mol. The molecule has 0 aliphatic rings. The number of fused-ring (bicyclic) bond motifs is 1. The fourth-order valence-electron chi connectivity index (χ4n) is 1.24. The van der Waals surface area contributed by atoms with E-state index in [0.717, 1.165) is 5.69 Å². The lowest BCUT2D eigenvalue weighted by Gasteiger charge is -1.99. The van der Waals surface area contributed by atoms with E-state index in [0.29, 0.717) is 0 Å². The first-order valence-electron chi connectivity index (χ1n) is 3.70. The molecule has 0 bridgehead atoms. The van der Waals surface area contributed by atoms with Crippen LogP contribution in [0.25, 0.3) is 10.8 Å². The van der Waals surface area contributed by atoms with Crippen LogP contribution >= 0.6 is 22.6 Å². The Morgan fingerprint density at radius 3 is 2.50 bits per heavy atom. The Morgan fingerprint density at radius 1 is 0.917 bits per heavy atom. The molecule has 0 atom stereocenters. The van der Waals surface area contributed by atoms with Crippen molar-refractivity contribution in [2.45, 2.75) is 0 Å². The zero-order valence-corrected chi connectivity index (χ0v) is 8.58. The van der Waals surface area contributed by atoms with E-state index in [4.69, 9.17) is 5.73 Å². The molecule has 0 saturated carbocycles. The van der Waals surface area contributed by atoms with Crippen molar-refractivity contribution in [2.75, 3.05) is 5.73 Å². The van der Waals surface area contributed by atoms with Crippen LogP contribution in [0.3, 0.4) is 0 Å². The molecule has 12 heavy (non-hydrogen) atoms. The zero-order valence-electron chi connectivity index (χ0n) is 6.42. The summed E-state index contributed by atoms with van der Waals surface area (Å²) in [6.45, 7) is 0. The first-order valence-corrected chi connectivity index (χ1v) is 4.78. The van der Waals surface area contributed by atoms with Gasteiger partial charge in [0.2, 0.25) is 0 Å². The predicted molar refractivity (Wildman–Crippen MR) is 61.1 cm³/mol. The average Bonchev–Trinajstić information content (AvgIpc) is 2.03. The highest BCUT2D eigenvalue weighted by Crippen LogP contribution is 2.19. The molecule has 0 saturated heterocycles. The van der Waals surface area contributed by atoms with Crippen molar-refractivity contribution in [2.24, 2.45) is 0 Å². The van der Waals surface area contributed by atoms with Crippen molar-refractivity contribution in [3.8, 4) is 0 Å². The van der Waals surface area contributed by atoms with Crippen molar-refractivity contribution in [1.29, 1.82) is 0 Å². The summed E-state index contributed by atoms with van der Waals surface area (Å²) in [5, 5.41) is 2.45. The summed E-state index contributed by atoms with van der Waals surface area (Å²) in [5.41, 5.74) is 6.50. The van der Waals surface area contributed by atoms with Crippen molar-refractivity contribution in [3.05, 3.63) is 40.0 Å². The number of nitrogen functional groups attached to an aromatic ring is 1. The fourth-order valence-corrected chi connectivity index (χ4v) is 1.75. The molecule has 2 rings (SSSR count). The van der Waals surface area contributed by atoms with Crippen LogP contribution < -0.4 is 5.73 Å². The van der Waals surface area contributed by atoms with Gasteiger partial charge in [0.25, 0.3) is 0 Å². The molecule has 0 aliphatic heterocycles. The Labute approximate surface area is 84.7 Å². The first-order chi connectivity index (χ1) is 5.75. The molecule has 2 N–H and O–H groups in total. The van der Waals surface area contributed by atoms with Crippen LogP contribution in [0, 0.1) is 3.57 Å². The molecule has 2 aromatic carbocycles. The minimum absolute atomic E-state index is 0.824. The molecule has 0 heterocycles. The summed E-state index contributed by atoms with van der Waals surface area (Å²) in [6.07, 6.45) is 0. The maximum Gasteiger partial charge on any atom is 0.0320 e. The largest absolute Gasteiger partial charge is 0.399 e. The number of halogens is 1. The van der Waals surface area contributed by atoms with E-state index in [1.807, 2.05) is 18.2 Å². The van der Waals surface area contributed by atoms with Crippen LogP contribution in [0.2, 0.25) is 0 Å². The summed E-state index contributed by atoms with van der Waals surface area (Å²) in [4.78, 5) is 0. The second-order valence-electron chi connectivity index (χ2n) is 2.75. The minimum Gasteiger partial charge on any atom is -0.399 e. The van der Waals surface area contributed by atoms with Crippen molar-refractivity contribution in [1.82, 2.24) is 0 Å². The average molecular weight is 269 g/mol. The standard InChI is InChI=1S/C10H8IN/c11-9-3-1-7-2-4-10(12)6-8(7)5-9/h1-6H,12H2. The number of hydrogen-bond donors (Lipinski definition) is 1. The lowest BCUT2D eigenvalue weighted by molar-refractivity contribution is 1.69. The SMILES string of the molecule is Nc1ccc2ccc(I)cc2c1. The highest BCUT2D eigenvalue weighted by atomic mass is 127. The van der Waals surface area contributed by atoms with Gasteiger partial charge in [0.05, 0.1) is 0 Å². The van der Waals surface area contributed by atoms with Crippen molar-refractivity contribution in [3.63, 3.8) is 0 Å². The van der Waals surface area contributed by atoms with E-state index < -0.39 is 0 Å². The van der Waals surface area contributed by atoms with E-state index in [-0.39, 0.29) is 0 Å². The lowest BCUT2D eigenvalue weighted by atomic mass is 10.1. The zero-order chi connectivity index (χ0) is 8.55.